The van der Waals surface area contributed by atoms with Crippen LogP contribution in [-0.4, -0.2) is 26.9 Å². The highest BCUT2D eigenvalue weighted by Crippen LogP contribution is 2.34. The van der Waals surface area contributed by atoms with Gasteiger partial charge in [0.25, 0.3) is 0 Å². The number of nitrogens with one attached hydrogen (secondary N) is 1. The SMILES string of the molecule is Cn1ccc(NCc2ccc3c(c2)[C@@H](C(N)=O)[C@H](O)C3)n1. The first-order valence-corrected chi connectivity index (χ1v) is 6.87. The largest absolute Gasteiger partial charge is 0.392 e. The summed E-state index contributed by atoms with van der Waals surface area (Å²) in [5.41, 5.74) is 8.26. The van der Waals surface area contributed by atoms with Crippen LogP contribution >= 0.6 is 0 Å². The lowest BCUT2D eigenvalue weighted by molar-refractivity contribution is -0.121. The van der Waals surface area contributed by atoms with Gasteiger partial charge in [-0.2, -0.15) is 5.10 Å². The number of hydrogen-bond acceptors (Lipinski definition) is 4. The summed E-state index contributed by atoms with van der Waals surface area (Å²) in [6.45, 7) is 0.603. The summed E-state index contributed by atoms with van der Waals surface area (Å²) in [6, 6.07) is 7.78. The molecule has 0 unspecified atom stereocenters. The van der Waals surface area contributed by atoms with Gasteiger partial charge in [0.15, 0.2) is 0 Å². The Bertz CT molecular complexity index is 680. The summed E-state index contributed by atoms with van der Waals surface area (Å²) < 4.78 is 1.73. The van der Waals surface area contributed by atoms with Crippen LogP contribution in [0.25, 0.3) is 0 Å². The van der Waals surface area contributed by atoms with Crippen molar-refractivity contribution in [3.05, 3.63) is 47.2 Å². The summed E-state index contributed by atoms with van der Waals surface area (Å²) in [6.07, 6.45) is 1.64. The zero-order valence-corrected chi connectivity index (χ0v) is 11.8. The van der Waals surface area contributed by atoms with Crippen LogP contribution in [0.3, 0.4) is 0 Å². The van der Waals surface area contributed by atoms with Crippen LogP contribution in [0, 0.1) is 0 Å². The molecule has 0 fully saturated rings. The third-order valence-corrected chi connectivity index (χ3v) is 3.85. The lowest BCUT2D eigenvalue weighted by Crippen LogP contribution is -2.28. The first-order valence-electron chi connectivity index (χ1n) is 6.87. The summed E-state index contributed by atoms with van der Waals surface area (Å²) in [4.78, 5) is 11.5. The van der Waals surface area contributed by atoms with E-state index in [4.69, 9.17) is 5.73 Å². The molecule has 1 aliphatic rings. The first kappa shape index (κ1) is 13.6. The summed E-state index contributed by atoms with van der Waals surface area (Å²) in [7, 11) is 1.86. The number of hydrogen-bond donors (Lipinski definition) is 3. The van der Waals surface area contributed by atoms with E-state index < -0.39 is 17.9 Å². The lowest BCUT2D eigenvalue weighted by Gasteiger charge is -2.12. The monoisotopic (exact) mass is 286 g/mol. The number of carbonyl (C=O) groups excluding carboxylic acids is 1. The molecule has 0 spiro atoms. The average Bonchev–Trinajstić information content (AvgIpc) is 2.98. The highest BCUT2D eigenvalue weighted by molar-refractivity contribution is 5.84. The molecule has 3 rings (SSSR count). The molecular formula is C15H18N4O2. The van der Waals surface area contributed by atoms with Crippen molar-refractivity contribution in [3.8, 4) is 0 Å². The number of nitrogens with zero attached hydrogens (tertiary/aromatic N) is 2. The number of nitrogens with two attached hydrogens (primary N) is 1. The van der Waals surface area contributed by atoms with Gasteiger partial charge in [0.2, 0.25) is 5.91 Å². The Kier molecular flexibility index (Phi) is 3.39. The maximum atomic E-state index is 11.5. The van der Waals surface area contributed by atoms with Crippen molar-refractivity contribution in [1.29, 1.82) is 0 Å². The molecule has 1 heterocycles. The fourth-order valence-corrected chi connectivity index (χ4v) is 2.83. The van der Waals surface area contributed by atoms with E-state index in [1.54, 1.807) is 4.68 Å². The molecule has 0 radical (unpaired) electrons. The van der Waals surface area contributed by atoms with Gasteiger partial charge < -0.3 is 16.2 Å². The second-order valence-electron chi connectivity index (χ2n) is 5.41. The van der Waals surface area contributed by atoms with Crippen LogP contribution in [0.5, 0.6) is 0 Å². The van der Waals surface area contributed by atoms with Gasteiger partial charge in [-0.05, 0) is 23.1 Å². The number of aryl methyl sites for hydroxylation is 1. The molecule has 2 atom stereocenters. The number of carbonyl (C=O) groups is 1. The molecule has 2 aromatic rings. The van der Waals surface area contributed by atoms with E-state index in [9.17, 15) is 9.90 Å². The number of aromatic nitrogens is 2. The van der Waals surface area contributed by atoms with Crippen LogP contribution in [0.15, 0.2) is 30.5 Å². The van der Waals surface area contributed by atoms with E-state index in [1.165, 1.54) is 0 Å². The van der Waals surface area contributed by atoms with Crippen molar-refractivity contribution >= 4 is 11.7 Å². The summed E-state index contributed by atoms with van der Waals surface area (Å²) in [5.74, 6) is -0.282. The smallest absolute Gasteiger partial charge is 0.227 e. The highest BCUT2D eigenvalue weighted by Gasteiger charge is 2.35. The standard InChI is InChI=1S/C15H18N4O2/c1-19-5-4-13(18-19)17-8-9-2-3-10-7-12(20)14(15(16)21)11(10)6-9/h2-6,12,14,20H,7-8H2,1H3,(H2,16,21)(H,17,18)/t12-,14-/m1/s1. The van der Waals surface area contributed by atoms with E-state index >= 15 is 0 Å². The number of rotatable bonds is 4. The molecule has 0 bridgehead atoms. The zero-order valence-electron chi connectivity index (χ0n) is 11.8. The van der Waals surface area contributed by atoms with Crippen LogP contribution in [0.2, 0.25) is 0 Å². The normalized spacial score (nSPS) is 20.3. The summed E-state index contributed by atoms with van der Waals surface area (Å²) in [5, 5.41) is 17.4. The van der Waals surface area contributed by atoms with Gasteiger partial charge in [0, 0.05) is 25.9 Å². The quantitative estimate of drug-likeness (QED) is 0.764. The fourth-order valence-electron chi connectivity index (χ4n) is 2.83. The molecule has 0 aliphatic heterocycles. The molecule has 1 aromatic heterocycles. The maximum absolute atomic E-state index is 11.5. The van der Waals surface area contributed by atoms with Crippen LogP contribution in [0.4, 0.5) is 5.82 Å². The van der Waals surface area contributed by atoms with E-state index in [1.807, 2.05) is 37.5 Å². The number of amides is 1. The Balaban J connectivity index is 1.78. The van der Waals surface area contributed by atoms with Crippen molar-refractivity contribution in [1.82, 2.24) is 9.78 Å². The highest BCUT2D eigenvalue weighted by atomic mass is 16.3. The minimum absolute atomic E-state index is 0.476. The molecular weight excluding hydrogens is 268 g/mol. The Morgan fingerprint density at radius 2 is 2.33 bits per heavy atom. The molecule has 0 saturated carbocycles. The Morgan fingerprint density at radius 1 is 1.52 bits per heavy atom. The maximum Gasteiger partial charge on any atom is 0.227 e. The molecule has 0 saturated heterocycles. The van der Waals surface area contributed by atoms with Gasteiger partial charge >= 0.3 is 0 Å². The van der Waals surface area contributed by atoms with E-state index in [-0.39, 0.29) is 0 Å². The Labute approximate surface area is 122 Å². The molecule has 6 heteroatoms. The predicted molar refractivity (Wildman–Crippen MR) is 78.6 cm³/mol. The number of aliphatic hydroxyl groups excluding tert-OH is 1. The van der Waals surface area contributed by atoms with Crippen molar-refractivity contribution in [3.63, 3.8) is 0 Å². The van der Waals surface area contributed by atoms with Crippen LogP contribution in [-0.2, 0) is 24.8 Å². The minimum Gasteiger partial charge on any atom is -0.392 e. The number of fused-ring (bicyclic) bond motifs is 1. The number of anilines is 1. The molecule has 21 heavy (non-hydrogen) atoms. The Morgan fingerprint density at radius 3 is 3.00 bits per heavy atom. The number of benzene rings is 1. The molecule has 6 nitrogen and oxygen atoms in total. The van der Waals surface area contributed by atoms with E-state index in [0.29, 0.717) is 13.0 Å². The van der Waals surface area contributed by atoms with Crippen LogP contribution in [0.1, 0.15) is 22.6 Å². The van der Waals surface area contributed by atoms with Crippen molar-refractivity contribution in [2.75, 3.05) is 5.32 Å². The van der Waals surface area contributed by atoms with Gasteiger partial charge in [-0.25, -0.2) is 0 Å². The average molecular weight is 286 g/mol. The molecule has 1 aliphatic carbocycles. The lowest BCUT2D eigenvalue weighted by atomic mass is 9.97. The van der Waals surface area contributed by atoms with Gasteiger partial charge in [-0.1, -0.05) is 18.2 Å². The predicted octanol–water partition coefficient (Wildman–Crippen LogP) is 0.518. The van der Waals surface area contributed by atoms with E-state index in [2.05, 4.69) is 10.4 Å². The third kappa shape index (κ3) is 2.62. The first-order chi connectivity index (χ1) is 10.0. The molecule has 1 aromatic carbocycles. The molecule has 110 valence electrons. The van der Waals surface area contributed by atoms with E-state index in [0.717, 1.165) is 22.5 Å². The van der Waals surface area contributed by atoms with Gasteiger partial charge in [0.05, 0.1) is 12.0 Å². The third-order valence-electron chi connectivity index (χ3n) is 3.85. The zero-order chi connectivity index (χ0) is 15.0. The molecule has 4 N–H and O–H groups in total. The topological polar surface area (TPSA) is 93.2 Å². The minimum atomic E-state index is -0.712. The van der Waals surface area contributed by atoms with Crippen molar-refractivity contribution < 1.29 is 9.90 Å². The van der Waals surface area contributed by atoms with Gasteiger partial charge in [-0.3, -0.25) is 9.48 Å². The number of aliphatic hydroxyl groups is 1. The second-order valence-corrected chi connectivity index (χ2v) is 5.41. The van der Waals surface area contributed by atoms with Crippen LogP contribution < -0.4 is 11.1 Å². The Hall–Kier alpha value is -2.34. The van der Waals surface area contributed by atoms with Crippen molar-refractivity contribution in [2.45, 2.75) is 25.0 Å². The molecule has 1 amide bonds. The van der Waals surface area contributed by atoms with Gasteiger partial charge in [0.1, 0.15) is 5.82 Å². The summed E-state index contributed by atoms with van der Waals surface area (Å²) >= 11 is 0. The number of primary amides is 1. The van der Waals surface area contributed by atoms with Gasteiger partial charge in [-0.15, -0.1) is 0 Å². The fraction of sp³-hybridized carbons (Fsp3) is 0.333. The van der Waals surface area contributed by atoms with Crippen molar-refractivity contribution in [2.24, 2.45) is 12.8 Å². The second kappa shape index (κ2) is 5.21.